The third-order valence-electron chi connectivity index (χ3n) is 6.14. The van der Waals surface area contributed by atoms with Crippen molar-refractivity contribution >= 4 is 32.7 Å². The molecule has 1 aliphatic rings. The number of aryl methyl sites for hydroxylation is 1. The van der Waals surface area contributed by atoms with Crippen LogP contribution in [0.15, 0.2) is 21.3 Å². The number of carbonyl (C=O) groups is 2. The standard InChI is InChI=1S/C23H29NO9S/c1-14-16-5-7-18(30-2)22(32-4)21(16)33-23(27)17(14)6-8-19(25)24(11-9-20(26)31-3)15-10-12-34(28,29)13-15/h5,7,15H,6,8-13H2,1-4H3. The van der Waals surface area contributed by atoms with E-state index in [0.29, 0.717) is 34.4 Å². The van der Waals surface area contributed by atoms with Gasteiger partial charge in [-0.05, 0) is 37.5 Å². The predicted octanol–water partition coefficient (Wildman–Crippen LogP) is 1.63. The molecule has 34 heavy (non-hydrogen) atoms. The van der Waals surface area contributed by atoms with E-state index in [9.17, 15) is 22.8 Å². The number of methoxy groups -OCH3 is 3. The number of carbonyl (C=O) groups excluding carboxylic acids is 2. The van der Waals surface area contributed by atoms with Crippen LogP contribution in [0.25, 0.3) is 11.0 Å². The molecule has 1 aromatic heterocycles. The van der Waals surface area contributed by atoms with Gasteiger partial charge in [0, 0.05) is 30.0 Å². The number of nitrogens with zero attached hydrogens (tertiary/aromatic N) is 1. The molecule has 0 radical (unpaired) electrons. The highest BCUT2D eigenvalue weighted by atomic mass is 32.2. The summed E-state index contributed by atoms with van der Waals surface area (Å²) in [5.41, 5.74) is 0.675. The van der Waals surface area contributed by atoms with Crippen LogP contribution < -0.4 is 15.1 Å². The van der Waals surface area contributed by atoms with Gasteiger partial charge in [-0.2, -0.15) is 0 Å². The number of fused-ring (bicyclic) bond motifs is 1. The summed E-state index contributed by atoms with van der Waals surface area (Å²) in [5.74, 6) is -0.240. The van der Waals surface area contributed by atoms with E-state index in [1.165, 1.54) is 26.2 Å². The van der Waals surface area contributed by atoms with Crippen molar-refractivity contribution in [3.8, 4) is 11.5 Å². The molecule has 0 saturated carbocycles. The zero-order chi connectivity index (χ0) is 25.0. The van der Waals surface area contributed by atoms with E-state index < -0.39 is 27.5 Å². The molecule has 0 spiro atoms. The summed E-state index contributed by atoms with van der Waals surface area (Å²) in [5, 5.41) is 0.657. The van der Waals surface area contributed by atoms with Crippen molar-refractivity contribution in [2.24, 2.45) is 0 Å². The molecule has 0 N–H and O–H groups in total. The lowest BCUT2D eigenvalue weighted by Crippen LogP contribution is -2.42. The summed E-state index contributed by atoms with van der Waals surface area (Å²) in [6.45, 7) is 1.82. The van der Waals surface area contributed by atoms with Crippen LogP contribution in [0.2, 0.25) is 0 Å². The molecule has 1 aromatic carbocycles. The first-order valence-electron chi connectivity index (χ1n) is 10.9. The monoisotopic (exact) mass is 495 g/mol. The fourth-order valence-corrected chi connectivity index (χ4v) is 6.01. The normalized spacial score (nSPS) is 16.9. The van der Waals surface area contributed by atoms with E-state index in [1.807, 2.05) is 0 Å². The van der Waals surface area contributed by atoms with Gasteiger partial charge in [0.15, 0.2) is 21.2 Å². The van der Waals surface area contributed by atoms with E-state index in [0.717, 1.165) is 0 Å². The van der Waals surface area contributed by atoms with Gasteiger partial charge in [-0.25, -0.2) is 13.2 Å². The van der Waals surface area contributed by atoms with Crippen molar-refractivity contribution < 1.29 is 36.6 Å². The van der Waals surface area contributed by atoms with Crippen LogP contribution >= 0.6 is 0 Å². The second-order valence-electron chi connectivity index (χ2n) is 8.14. The Labute approximate surface area is 197 Å². The van der Waals surface area contributed by atoms with E-state index >= 15 is 0 Å². The van der Waals surface area contributed by atoms with Crippen molar-refractivity contribution in [2.75, 3.05) is 39.4 Å². The molecule has 2 heterocycles. The topological polar surface area (TPSA) is 129 Å². The highest BCUT2D eigenvalue weighted by molar-refractivity contribution is 7.91. The lowest BCUT2D eigenvalue weighted by Gasteiger charge is -2.28. The number of hydrogen-bond donors (Lipinski definition) is 0. The molecule has 1 amide bonds. The maximum atomic E-state index is 13.1. The van der Waals surface area contributed by atoms with Crippen molar-refractivity contribution in [1.82, 2.24) is 4.90 Å². The van der Waals surface area contributed by atoms with Crippen molar-refractivity contribution in [2.45, 2.75) is 38.6 Å². The molecule has 1 saturated heterocycles. The lowest BCUT2D eigenvalue weighted by molar-refractivity contribution is -0.142. The fourth-order valence-electron chi connectivity index (χ4n) is 4.28. The number of ether oxygens (including phenoxy) is 3. The average molecular weight is 496 g/mol. The molecule has 186 valence electrons. The summed E-state index contributed by atoms with van der Waals surface area (Å²) >= 11 is 0. The second-order valence-corrected chi connectivity index (χ2v) is 10.4. The van der Waals surface area contributed by atoms with Crippen molar-refractivity contribution in [3.63, 3.8) is 0 Å². The Morgan fingerprint density at radius 3 is 2.47 bits per heavy atom. The number of benzene rings is 1. The van der Waals surface area contributed by atoms with Gasteiger partial charge in [0.2, 0.25) is 11.7 Å². The predicted molar refractivity (Wildman–Crippen MR) is 124 cm³/mol. The number of rotatable bonds is 9. The Bertz CT molecular complexity index is 1250. The second kappa shape index (κ2) is 10.5. The minimum absolute atomic E-state index is 0.00165. The summed E-state index contributed by atoms with van der Waals surface area (Å²) in [7, 11) is 0.950. The molecule has 1 aliphatic heterocycles. The van der Waals surface area contributed by atoms with Crippen LogP contribution in [0.1, 0.15) is 30.4 Å². The van der Waals surface area contributed by atoms with Gasteiger partial charge >= 0.3 is 11.6 Å². The number of amides is 1. The molecule has 0 bridgehead atoms. The fraction of sp³-hybridized carbons (Fsp3) is 0.522. The van der Waals surface area contributed by atoms with Gasteiger partial charge in [-0.1, -0.05) is 0 Å². The van der Waals surface area contributed by atoms with Crippen molar-refractivity contribution in [1.29, 1.82) is 0 Å². The Morgan fingerprint density at radius 1 is 1.15 bits per heavy atom. The van der Waals surface area contributed by atoms with E-state index in [-0.39, 0.29) is 48.8 Å². The Morgan fingerprint density at radius 2 is 1.88 bits per heavy atom. The Balaban J connectivity index is 1.85. The molecule has 2 aromatic rings. The van der Waals surface area contributed by atoms with Gasteiger partial charge in [-0.15, -0.1) is 0 Å². The van der Waals surface area contributed by atoms with E-state index in [2.05, 4.69) is 4.74 Å². The molecule has 10 nitrogen and oxygen atoms in total. The molecular weight excluding hydrogens is 466 g/mol. The SMILES string of the molecule is COC(=O)CCN(C(=O)CCc1c(C)c2ccc(OC)c(OC)c2oc1=O)C1CCS(=O)(=O)C1. The van der Waals surface area contributed by atoms with Crippen LogP contribution in [0.5, 0.6) is 11.5 Å². The number of esters is 1. The van der Waals surface area contributed by atoms with Gasteiger partial charge in [0.25, 0.3) is 0 Å². The molecule has 0 aliphatic carbocycles. The first-order valence-corrected chi connectivity index (χ1v) is 12.7. The zero-order valence-corrected chi connectivity index (χ0v) is 20.5. The third-order valence-corrected chi connectivity index (χ3v) is 7.89. The zero-order valence-electron chi connectivity index (χ0n) is 19.7. The van der Waals surface area contributed by atoms with Crippen LogP contribution in [-0.4, -0.2) is 70.6 Å². The Kier molecular flexibility index (Phi) is 7.86. The maximum absolute atomic E-state index is 13.1. The lowest BCUT2D eigenvalue weighted by atomic mass is 10.0. The first-order chi connectivity index (χ1) is 16.1. The molecular formula is C23H29NO9S. The van der Waals surface area contributed by atoms with Gasteiger partial charge < -0.3 is 23.5 Å². The quantitative estimate of drug-likeness (QED) is 0.376. The van der Waals surface area contributed by atoms with Gasteiger partial charge in [0.1, 0.15) is 0 Å². The minimum Gasteiger partial charge on any atom is -0.493 e. The molecule has 1 atom stereocenters. The molecule has 1 fully saturated rings. The average Bonchev–Trinajstić information content (AvgIpc) is 3.17. The number of hydrogen-bond acceptors (Lipinski definition) is 9. The summed E-state index contributed by atoms with van der Waals surface area (Å²) < 4.78 is 44.7. The van der Waals surface area contributed by atoms with Crippen molar-refractivity contribution in [3.05, 3.63) is 33.7 Å². The Hall–Kier alpha value is -3.08. The summed E-state index contributed by atoms with van der Waals surface area (Å²) in [4.78, 5) is 38.9. The first kappa shape index (κ1) is 25.5. The van der Waals surface area contributed by atoms with Gasteiger partial charge in [-0.3, -0.25) is 9.59 Å². The molecule has 3 rings (SSSR count). The molecule has 1 unspecified atom stereocenters. The van der Waals surface area contributed by atoms with Crippen LogP contribution in [0, 0.1) is 6.92 Å². The number of sulfone groups is 1. The summed E-state index contributed by atoms with van der Waals surface area (Å²) in [6, 6.07) is 2.96. The largest absolute Gasteiger partial charge is 0.493 e. The smallest absolute Gasteiger partial charge is 0.339 e. The van der Waals surface area contributed by atoms with E-state index in [1.54, 1.807) is 19.1 Å². The van der Waals surface area contributed by atoms with Crippen LogP contribution in [0.3, 0.4) is 0 Å². The highest BCUT2D eigenvalue weighted by Crippen LogP contribution is 2.36. The summed E-state index contributed by atoms with van der Waals surface area (Å²) in [6.07, 6.45) is 0.333. The third kappa shape index (κ3) is 5.35. The molecule has 11 heteroatoms. The minimum atomic E-state index is -3.23. The van der Waals surface area contributed by atoms with E-state index in [4.69, 9.17) is 13.9 Å². The van der Waals surface area contributed by atoms with Crippen LogP contribution in [0.4, 0.5) is 0 Å². The van der Waals surface area contributed by atoms with Gasteiger partial charge in [0.05, 0.1) is 39.3 Å². The highest BCUT2D eigenvalue weighted by Gasteiger charge is 2.34. The maximum Gasteiger partial charge on any atom is 0.339 e. The van der Waals surface area contributed by atoms with Crippen LogP contribution in [-0.2, 0) is 30.6 Å².